The van der Waals surface area contributed by atoms with E-state index in [1.165, 1.54) is 0 Å². The molecule has 2 aromatic carbocycles. The summed E-state index contributed by atoms with van der Waals surface area (Å²) in [6.45, 7) is 5.68. The fourth-order valence-electron chi connectivity index (χ4n) is 2.40. The molecule has 1 amide bonds. The topological polar surface area (TPSA) is 64.4 Å². The van der Waals surface area contributed by atoms with E-state index in [9.17, 15) is 4.79 Å². The van der Waals surface area contributed by atoms with Crippen molar-refractivity contribution in [1.82, 2.24) is 5.16 Å². The lowest BCUT2D eigenvalue weighted by molar-refractivity contribution is -0.122. The molecule has 128 valence electrons. The zero-order chi connectivity index (χ0) is 17.8. The summed E-state index contributed by atoms with van der Waals surface area (Å²) >= 11 is 0. The normalized spacial score (nSPS) is 11.8. The Kier molecular flexibility index (Phi) is 4.84. The fourth-order valence-corrected chi connectivity index (χ4v) is 2.40. The molecule has 5 nitrogen and oxygen atoms in total. The van der Waals surface area contributed by atoms with E-state index in [0.717, 1.165) is 16.7 Å². The number of aryl methyl sites for hydroxylation is 1. The molecule has 0 spiro atoms. The van der Waals surface area contributed by atoms with Crippen LogP contribution in [0.4, 0.5) is 5.88 Å². The molecular weight excluding hydrogens is 316 g/mol. The van der Waals surface area contributed by atoms with Gasteiger partial charge in [-0.3, -0.25) is 10.1 Å². The minimum Gasteiger partial charge on any atom is -0.481 e. The second kappa shape index (κ2) is 7.21. The van der Waals surface area contributed by atoms with Crippen LogP contribution in [0.2, 0.25) is 0 Å². The minimum absolute atomic E-state index is 0.292. The molecule has 0 radical (unpaired) electrons. The molecule has 1 aromatic heterocycles. The first-order valence-electron chi connectivity index (χ1n) is 8.10. The van der Waals surface area contributed by atoms with Gasteiger partial charge in [-0.15, -0.1) is 0 Å². The standard InChI is InChI=1S/C20H20N2O3/c1-13-8-7-11-18(14(13)2)24-15(3)20(23)21-19-12-17(22-25-19)16-9-5-4-6-10-16/h4-12,15H,1-3H3,(H,21,23)/t15-/m0/s1. The highest BCUT2D eigenvalue weighted by atomic mass is 16.5. The molecule has 0 bridgehead atoms. The van der Waals surface area contributed by atoms with Gasteiger partial charge in [-0.05, 0) is 38.0 Å². The Morgan fingerprint density at radius 2 is 1.88 bits per heavy atom. The molecule has 0 unspecified atom stereocenters. The average molecular weight is 336 g/mol. The highest BCUT2D eigenvalue weighted by Gasteiger charge is 2.18. The minimum atomic E-state index is -0.661. The van der Waals surface area contributed by atoms with E-state index >= 15 is 0 Å². The number of rotatable bonds is 5. The molecular formula is C20H20N2O3. The van der Waals surface area contributed by atoms with Gasteiger partial charge in [-0.1, -0.05) is 47.6 Å². The van der Waals surface area contributed by atoms with Crippen molar-refractivity contribution in [2.45, 2.75) is 26.9 Å². The van der Waals surface area contributed by atoms with E-state index in [2.05, 4.69) is 10.5 Å². The number of aromatic nitrogens is 1. The molecule has 3 aromatic rings. The number of carbonyl (C=O) groups is 1. The first-order chi connectivity index (χ1) is 12.0. The summed E-state index contributed by atoms with van der Waals surface area (Å²) in [6.07, 6.45) is -0.661. The molecule has 1 atom stereocenters. The van der Waals surface area contributed by atoms with Gasteiger partial charge in [0, 0.05) is 11.6 Å². The van der Waals surface area contributed by atoms with Crippen LogP contribution in [0.5, 0.6) is 5.75 Å². The van der Waals surface area contributed by atoms with Gasteiger partial charge in [-0.2, -0.15) is 0 Å². The number of hydrogen-bond acceptors (Lipinski definition) is 4. The average Bonchev–Trinajstić information content (AvgIpc) is 3.08. The highest BCUT2D eigenvalue weighted by molar-refractivity contribution is 5.93. The summed E-state index contributed by atoms with van der Waals surface area (Å²) in [5, 5.41) is 6.67. The number of carbonyl (C=O) groups excluding carboxylic acids is 1. The van der Waals surface area contributed by atoms with Crippen LogP contribution in [-0.2, 0) is 4.79 Å². The maximum absolute atomic E-state index is 12.3. The number of anilines is 1. The van der Waals surface area contributed by atoms with Gasteiger partial charge >= 0.3 is 0 Å². The van der Waals surface area contributed by atoms with E-state index in [1.807, 2.05) is 62.4 Å². The van der Waals surface area contributed by atoms with Crippen molar-refractivity contribution in [3.8, 4) is 17.0 Å². The number of hydrogen-bond donors (Lipinski definition) is 1. The van der Waals surface area contributed by atoms with Crippen molar-refractivity contribution in [1.29, 1.82) is 0 Å². The molecule has 25 heavy (non-hydrogen) atoms. The van der Waals surface area contributed by atoms with Gasteiger partial charge in [0.2, 0.25) is 5.88 Å². The highest BCUT2D eigenvalue weighted by Crippen LogP contribution is 2.23. The first-order valence-corrected chi connectivity index (χ1v) is 8.10. The molecule has 0 aliphatic rings. The number of nitrogens with zero attached hydrogens (tertiary/aromatic N) is 1. The lowest BCUT2D eigenvalue weighted by atomic mass is 10.1. The van der Waals surface area contributed by atoms with Crippen LogP contribution in [0.1, 0.15) is 18.1 Å². The van der Waals surface area contributed by atoms with Crippen molar-refractivity contribution >= 4 is 11.8 Å². The number of ether oxygens (including phenoxy) is 1. The smallest absolute Gasteiger partial charge is 0.267 e. The van der Waals surface area contributed by atoms with Crippen LogP contribution >= 0.6 is 0 Å². The molecule has 0 saturated carbocycles. The molecule has 5 heteroatoms. The van der Waals surface area contributed by atoms with Gasteiger partial charge in [0.15, 0.2) is 6.10 Å². The molecule has 0 aliphatic heterocycles. The Morgan fingerprint density at radius 3 is 2.64 bits per heavy atom. The lowest BCUT2D eigenvalue weighted by Gasteiger charge is -2.16. The van der Waals surface area contributed by atoms with Crippen LogP contribution in [-0.4, -0.2) is 17.2 Å². The summed E-state index contributed by atoms with van der Waals surface area (Å²) in [6, 6.07) is 17.1. The Labute approximate surface area is 146 Å². The van der Waals surface area contributed by atoms with E-state index in [-0.39, 0.29) is 5.91 Å². The van der Waals surface area contributed by atoms with Gasteiger partial charge in [0.1, 0.15) is 11.4 Å². The van der Waals surface area contributed by atoms with E-state index in [0.29, 0.717) is 17.3 Å². The summed E-state index contributed by atoms with van der Waals surface area (Å²) < 4.78 is 11.0. The zero-order valence-electron chi connectivity index (χ0n) is 14.4. The Balaban J connectivity index is 1.66. The number of benzene rings is 2. The predicted molar refractivity (Wildman–Crippen MR) is 96.6 cm³/mol. The zero-order valence-corrected chi connectivity index (χ0v) is 14.4. The fraction of sp³-hybridized carbons (Fsp3) is 0.200. The summed E-state index contributed by atoms with van der Waals surface area (Å²) in [4.78, 5) is 12.3. The largest absolute Gasteiger partial charge is 0.481 e. The summed E-state index contributed by atoms with van der Waals surface area (Å²) in [5.74, 6) is 0.696. The monoisotopic (exact) mass is 336 g/mol. The summed E-state index contributed by atoms with van der Waals surface area (Å²) in [5.41, 5.74) is 3.73. The van der Waals surface area contributed by atoms with Crippen LogP contribution < -0.4 is 10.1 Å². The van der Waals surface area contributed by atoms with Gasteiger partial charge in [0.25, 0.3) is 5.91 Å². The second-order valence-electron chi connectivity index (χ2n) is 5.89. The second-order valence-corrected chi connectivity index (χ2v) is 5.89. The van der Waals surface area contributed by atoms with Gasteiger partial charge < -0.3 is 9.26 Å². The third-order valence-electron chi connectivity index (χ3n) is 4.05. The SMILES string of the molecule is Cc1cccc(O[C@@H](C)C(=O)Nc2cc(-c3ccccc3)no2)c1C. The van der Waals surface area contributed by atoms with Crippen molar-refractivity contribution in [3.05, 3.63) is 65.7 Å². The van der Waals surface area contributed by atoms with Crippen LogP contribution in [0.3, 0.4) is 0 Å². The maximum atomic E-state index is 12.3. The lowest BCUT2D eigenvalue weighted by Crippen LogP contribution is -2.30. The van der Waals surface area contributed by atoms with Crippen molar-refractivity contribution in [2.75, 3.05) is 5.32 Å². The number of amides is 1. The quantitative estimate of drug-likeness (QED) is 0.751. The Hall–Kier alpha value is -3.08. The predicted octanol–water partition coefficient (Wildman–Crippen LogP) is 4.36. The van der Waals surface area contributed by atoms with E-state index < -0.39 is 6.10 Å². The summed E-state index contributed by atoms with van der Waals surface area (Å²) in [7, 11) is 0. The van der Waals surface area contributed by atoms with Crippen molar-refractivity contribution in [3.63, 3.8) is 0 Å². The molecule has 0 aliphatic carbocycles. The molecule has 1 heterocycles. The van der Waals surface area contributed by atoms with Crippen LogP contribution in [0.15, 0.2) is 59.1 Å². The van der Waals surface area contributed by atoms with Crippen molar-refractivity contribution < 1.29 is 14.1 Å². The molecule has 0 fully saturated rings. The maximum Gasteiger partial charge on any atom is 0.267 e. The third-order valence-corrected chi connectivity index (χ3v) is 4.05. The van der Waals surface area contributed by atoms with Gasteiger partial charge in [-0.25, -0.2) is 0 Å². The molecule has 0 saturated heterocycles. The third kappa shape index (κ3) is 3.88. The van der Waals surface area contributed by atoms with Crippen LogP contribution in [0.25, 0.3) is 11.3 Å². The van der Waals surface area contributed by atoms with E-state index in [1.54, 1.807) is 13.0 Å². The molecule has 3 rings (SSSR count). The molecule has 1 N–H and O–H groups in total. The van der Waals surface area contributed by atoms with Crippen LogP contribution in [0, 0.1) is 13.8 Å². The number of nitrogens with one attached hydrogen (secondary N) is 1. The van der Waals surface area contributed by atoms with E-state index in [4.69, 9.17) is 9.26 Å². The first kappa shape index (κ1) is 16.8. The Morgan fingerprint density at radius 1 is 1.12 bits per heavy atom. The van der Waals surface area contributed by atoms with Gasteiger partial charge in [0.05, 0.1) is 0 Å². The van der Waals surface area contributed by atoms with Crippen molar-refractivity contribution in [2.24, 2.45) is 0 Å². The Bertz CT molecular complexity index is 872.